The molecule has 162 valence electrons. The van der Waals surface area contributed by atoms with Crippen LogP contribution in [0.4, 0.5) is 11.4 Å². The van der Waals surface area contributed by atoms with Crippen molar-refractivity contribution in [2.45, 2.75) is 24.9 Å². The molecule has 1 N–H and O–H groups in total. The smallest absolute Gasteiger partial charge is 0.220 e. The Morgan fingerprint density at radius 1 is 0.968 bits per heavy atom. The van der Waals surface area contributed by atoms with Crippen LogP contribution in [0.1, 0.15) is 13.8 Å². The molecule has 2 aromatic rings. The number of nitroso groups, excluding NO2 is 1. The maximum atomic E-state index is 13.0. The van der Waals surface area contributed by atoms with Crippen LogP contribution < -0.4 is 9.71 Å². The van der Waals surface area contributed by atoms with Crippen LogP contribution in [-0.2, 0) is 0 Å². The van der Waals surface area contributed by atoms with Crippen LogP contribution in [0.25, 0.3) is 11.1 Å². The summed E-state index contributed by atoms with van der Waals surface area (Å²) in [5.41, 5.74) is 1.54. The molecule has 4 rings (SSSR count). The summed E-state index contributed by atoms with van der Waals surface area (Å²) in [6.07, 6.45) is 0. The molecule has 5 atom stereocenters. The average molecular weight is 422 g/mol. The summed E-state index contributed by atoms with van der Waals surface area (Å²) in [5.74, 6) is 0. The molecule has 0 bridgehead atoms. The predicted molar refractivity (Wildman–Crippen MR) is 121 cm³/mol. The van der Waals surface area contributed by atoms with Gasteiger partial charge < -0.3 is 30.0 Å². The van der Waals surface area contributed by atoms with Gasteiger partial charge in [-0.1, -0.05) is 6.58 Å². The predicted octanol–water partition coefficient (Wildman–Crippen LogP) is 3.46. The van der Waals surface area contributed by atoms with Crippen LogP contribution >= 0.6 is 0 Å². The molecule has 0 aliphatic carbocycles. The summed E-state index contributed by atoms with van der Waals surface area (Å²) in [4.78, 5) is 10.8. The molecule has 0 radical (unpaired) electrons. The molecule has 2 aliphatic rings. The highest BCUT2D eigenvalue weighted by Gasteiger charge is 2.65. The highest BCUT2D eigenvalue weighted by molar-refractivity contribution is 5.68. The fourth-order valence-corrected chi connectivity index (χ4v) is 4.23. The molecule has 2 heterocycles. The lowest BCUT2D eigenvalue weighted by Gasteiger charge is -2.29. The van der Waals surface area contributed by atoms with Crippen LogP contribution in [-0.4, -0.2) is 35.9 Å². The third-order valence-electron chi connectivity index (χ3n) is 7.20. The first-order valence-electron chi connectivity index (χ1n) is 10.0. The van der Waals surface area contributed by atoms with E-state index in [0.29, 0.717) is 23.6 Å². The second kappa shape index (κ2) is 6.64. The van der Waals surface area contributed by atoms with Crippen molar-refractivity contribution >= 4 is 11.4 Å². The van der Waals surface area contributed by atoms with Crippen LogP contribution in [0, 0.1) is 20.5 Å². The minimum absolute atomic E-state index is 0.0598. The Labute approximate surface area is 181 Å². The van der Waals surface area contributed by atoms with Crippen molar-refractivity contribution in [3.63, 3.8) is 0 Å². The SMILES string of the molecule is C=C([NH+]([O-])c1ccc(-c2ccc([N+]3([O-])C[C@]3(C)C(=C)N=O)cc2)cc1)[C@@]1(C)C[N+]1(C)[O-]. The summed E-state index contributed by atoms with van der Waals surface area (Å²) in [7, 11) is 1.55. The summed E-state index contributed by atoms with van der Waals surface area (Å²) in [6, 6.07) is 14.3. The maximum Gasteiger partial charge on any atom is 0.220 e. The Balaban J connectivity index is 1.50. The van der Waals surface area contributed by atoms with E-state index in [1.165, 1.54) is 0 Å². The zero-order valence-electron chi connectivity index (χ0n) is 17.9. The normalized spacial score (nSPS) is 34.6. The number of hydroxylamine groups is 6. The van der Waals surface area contributed by atoms with E-state index in [1.54, 1.807) is 45.2 Å². The summed E-state index contributed by atoms with van der Waals surface area (Å²) in [6.45, 7) is 11.5. The molecular weight excluding hydrogens is 396 g/mol. The number of benzene rings is 2. The van der Waals surface area contributed by atoms with Gasteiger partial charge in [0.2, 0.25) is 5.54 Å². The number of quaternary nitrogens is 3. The molecule has 31 heavy (non-hydrogen) atoms. The average Bonchev–Trinajstić information content (AvgIpc) is 3.54. The fraction of sp³-hybridized carbons (Fsp3) is 0.304. The monoisotopic (exact) mass is 422 g/mol. The zero-order valence-corrected chi connectivity index (χ0v) is 17.9. The van der Waals surface area contributed by atoms with Crippen LogP contribution in [0.2, 0.25) is 0 Å². The van der Waals surface area contributed by atoms with E-state index >= 15 is 0 Å². The number of hydrogen-bond donors (Lipinski definition) is 1. The van der Waals surface area contributed by atoms with Crippen molar-refractivity contribution in [1.82, 2.24) is 4.65 Å². The molecule has 0 aromatic heterocycles. The van der Waals surface area contributed by atoms with Gasteiger partial charge in [-0.2, -0.15) is 0 Å². The Morgan fingerprint density at radius 3 is 1.90 bits per heavy atom. The molecule has 0 saturated carbocycles. The third-order valence-corrected chi connectivity index (χ3v) is 7.20. The first-order chi connectivity index (χ1) is 14.4. The van der Waals surface area contributed by atoms with E-state index in [2.05, 4.69) is 18.3 Å². The van der Waals surface area contributed by atoms with Crippen molar-refractivity contribution < 1.29 is 9.71 Å². The maximum absolute atomic E-state index is 13.0. The van der Waals surface area contributed by atoms with Gasteiger partial charge in [0.1, 0.15) is 30.2 Å². The first kappa shape index (κ1) is 21.5. The molecule has 2 fully saturated rings. The molecule has 0 amide bonds. The van der Waals surface area contributed by atoms with Crippen molar-refractivity contribution in [1.29, 1.82) is 0 Å². The zero-order chi connectivity index (χ0) is 22.8. The van der Waals surface area contributed by atoms with Gasteiger partial charge in [-0.3, -0.25) is 0 Å². The topological polar surface area (TPSA) is 103 Å². The van der Waals surface area contributed by atoms with Gasteiger partial charge in [-0.05, 0) is 47.1 Å². The Bertz CT molecular complexity index is 1080. The molecule has 3 unspecified atom stereocenters. The largest absolute Gasteiger partial charge is 0.632 e. The van der Waals surface area contributed by atoms with E-state index < -0.39 is 20.4 Å². The van der Waals surface area contributed by atoms with Crippen molar-refractivity contribution in [2.24, 2.45) is 5.18 Å². The highest BCUT2D eigenvalue weighted by atomic mass is 16.6. The highest BCUT2D eigenvalue weighted by Crippen LogP contribution is 2.50. The molecular formula is C23H26N4O4. The lowest BCUT2D eigenvalue weighted by atomic mass is 10.0. The first-order valence-corrected chi connectivity index (χ1v) is 10.0. The van der Waals surface area contributed by atoms with Crippen molar-refractivity contribution in [3.8, 4) is 11.1 Å². The summed E-state index contributed by atoms with van der Waals surface area (Å²) >= 11 is 0. The second-order valence-electron chi connectivity index (χ2n) is 9.17. The van der Waals surface area contributed by atoms with Crippen molar-refractivity contribution in [3.05, 3.63) is 93.6 Å². The van der Waals surface area contributed by atoms with Gasteiger partial charge in [0.25, 0.3) is 0 Å². The van der Waals surface area contributed by atoms with E-state index in [-0.39, 0.29) is 17.3 Å². The molecule has 2 aromatic carbocycles. The minimum Gasteiger partial charge on any atom is -0.632 e. The molecule has 0 spiro atoms. The Morgan fingerprint density at radius 2 is 1.45 bits per heavy atom. The molecule has 8 nitrogen and oxygen atoms in total. The molecule has 2 aliphatic heterocycles. The lowest BCUT2D eigenvalue weighted by Crippen LogP contribution is -3.01. The van der Waals surface area contributed by atoms with Gasteiger partial charge in [0.05, 0.1) is 7.05 Å². The number of nitrogens with one attached hydrogen (secondary N) is 1. The van der Waals surface area contributed by atoms with Crippen LogP contribution in [0.5, 0.6) is 0 Å². The van der Waals surface area contributed by atoms with Crippen molar-refractivity contribution in [2.75, 3.05) is 20.1 Å². The van der Waals surface area contributed by atoms with E-state index in [0.717, 1.165) is 11.1 Å². The van der Waals surface area contributed by atoms with Gasteiger partial charge in [0, 0.05) is 38.1 Å². The summed E-state index contributed by atoms with van der Waals surface area (Å²) in [5, 5.41) is 40.6. The number of hydrogen-bond acceptors (Lipinski definition) is 5. The third kappa shape index (κ3) is 3.08. The second-order valence-corrected chi connectivity index (χ2v) is 9.17. The fourth-order valence-electron chi connectivity index (χ4n) is 4.23. The van der Waals surface area contributed by atoms with Crippen LogP contribution in [0.3, 0.4) is 0 Å². The Hall–Kier alpha value is -2.72. The minimum atomic E-state index is -0.912. The number of likely N-dealkylation sites (N-methyl/N-ethyl adjacent to an activating group) is 1. The van der Waals surface area contributed by atoms with Gasteiger partial charge in [-0.15, -0.1) is 4.91 Å². The van der Waals surface area contributed by atoms with Gasteiger partial charge in [0.15, 0.2) is 11.2 Å². The quantitative estimate of drug-likeness (QED) is 0.243. The van der Waals surface area contributed by atoms with Gasteiger partial charge >= 0.3 is 0 Å². The van der Waals surface area contributed by atoms with E-state index in [4.69, 9.17) is 0 Å². The van der Waals surface area contributed by atoms with E-state index in [9.17, 15) is 20.5 Å². The number of nitrogens with zero attached hydrogens (tertiary/aromatic N) is 3. The number of rotatable bonds is 7. The summed E-state index contributed by atoms with van der Waals surface area (Å²) < 4.78 is -1.12. The standard InChI is InChI=1S/C23H26N4O4/c1-16(24-28)22(3)15-27(22,31)21-12-8-19(9-13-21)18-6-10-20(11-7-18)25(29)17(2)23(4)14-26(23,5)30/h6-13,25H,1-2,14-15H2,3-5H3/t22-,23-,26?,27?/m1/s1. The van der Waals surface area contributed by atoms with E-state index in [1.807, 2.05) is 24.3 Å². The Kier molecular flexibility index (Phi) is 4.61. The molecule has 2 saturated heterocycles. The van der Waals surface area contributed by atoms with Crippen LogP contribution in [0.15, 0.2) is 78.3 Å². The molecule has 8 heteroatoms. The van der Waals surface area contributed by atoms with Gasteiger partial charge in [-0.25, -0.2) is 0 Å². The lowest BCUT2D eigenvalue weighted by molar-refractivity contribution is -0.792.